The van der Waals surface area contributed by atoms with Gasteiger partial charge >= 0.3 is 0 Å². The van der Waals surface area contributed by atoms with Gasteiger partial charge in [0.25, 0.3) is 0 Å². The lowest BCUT2D eigenvalue weighted by Crippen LogP contribution is -2.06. The van der Waals surface area contributed by atoms with Gasteiger partial charge in [0.05, 0.1) is 6.42 Å². The normalized spacial score (nSPS) is 10.4. The molecule has 0 unspecified atom stereocenters. The molecule has 0 amide bonds. The summed E-state index contributed by atoms with van der Waals surface area (Å²) in [6.45, 7) is 0. The quantitative estimate of drug-likeness (QED) is 0.573. The Bertz CT molecular complexity index is 577. The first-order valence-electron chi connectivity index (χ1n) is 6.28. The molecule has 7 heteroatoms. The van der Waals surface area contributed by atoms with E-state index in [9.17, 15) is 9.59 Å². The Morgan fingerprint density at radius 2 is 1.90 bits per heavy atom. The zero-order chi connectivity index (χ0) is 14.4. The summed E-state index contributed by atoms with van der Waals surface area (Å²) in [5.74, 6) is 0.383. The average molecular weight is 273 g/mol. The first kappa shape index (κ1) is 13.9. The van der Waals surface area contributed by atoms with Crippen molar-refractivity contribution >= 4 is 17.3 Å². The molecule has 104 valence electrons. The largest absolute Gasteiger partial charge is 0.399 e. The number of hydrogen-bond donors (Lipinski definition) is 2. The highest BCUT2D eigenvalue weighted by Gasteiger charge is 2.10. The first-order valence-corrected chi connectivity index (χ1v) is 6.28. The molecule has 3 N–H and O–H groups in total. The van der Waals surface area contributed by atoms with Crippen LogP contribution < -0.4 is 5.73 Å². The molecule has 1 aromatic heterocycles. The smallest absolute Gasteiger partial charge is 0.181 e. The Morgan fingerprint density at radius 3 is 2.55 bits per heavy atom. The fourth-order valence-electron chi connectivity index (χ4n) is 1.78. The molecule has 0 aliphatic carbocycles. The molecule has 7 nitrogen and oxygen atoms in total. The Hall–Kier alpha value is -2.57. The van der Waals surface area contributed by atoms with E-state index in [2.05, 4.69) is 20.6 Å². The number of nitrogens with two attached hydrogens (primary N) is 1. The van der Waals surface area contributed by atoms with Crippen LogP contribution in [0.3, 0.4) is 0 Å². The van der Waals surface area contributed by atoms with E-state index in [0.717, 1.165) is 0 Å². The molecule has 0 aliphatic rings. The van der Waals surface area contributed by atoms with Gasteiger partial charge in [0, 0.05) is 24.1 Å². The number of nitrogens with one attached hydrogen (secondary N) is 1. The summed E-state index contributed by atoms with van der Waals surface area (Å²) < 4.78 is 0. The number of H-pyrrole nitrogens is 1. The maximum atomic E-state index is 11.9. The van der Waals surface area contributed by atoms with Gasteiger partial charge in [-0.2, -0.15) is 5.21 Å². The van der Waals surface area contributed by atoms with Crippen molar-refractivity contribution in [2.45, 2.75) is 25.7 Å². The second kappa shape index (κ2) is 6.55. The number of aromatic nitrogens is 4. The van der Waals surface area contributed by atoms with Gasteiger partial charge < -0.3 is 5.73 Å². The molecule has 2 aromatic rings. The summed E-state index contributed by atoms with van der Waals surface area (Å²) >= 11 is 0. The van der Waals surface area contributed by atoms with Crippen molar-refractivity contribution in [3.05, 3.63) is 35.7 Å². The van der Waals surface area contributed by atoms with Crippen molar-refractivity contribution in [3.63, 3.8) is 0 Å². The van der Waals surface area contributed by atoms with Crippen LogP contribution in [-0.2, 0) is 11.2 Å². The molecular formula is C13H15N5O2. The van der Waals surface area contributed by atoms with Crippen molar-refractivity contribution < 1.29 is 9.59 Å². The molecule has 0 saturated heterocycles. The van der Waals surface area contributed by atoms with Gasteiger partial charge in [0.2, 0.25) is 0 Å². The number of ketones is 2. The minimum Gasteiger partial charge on any atom is -0.399 e. The molecule has 0 saturated carbocycles. The van der Waals surface area contributed by atoms with Crippen LogP contribution in [0.15, 0.2) is 24.3 Å². The van der Waals surface area contributed by atoms with Crippen LogP contribution in [0.5, 0.6) is 0 Å². The standard InChI is InChI=1S/C13H15N5O2/c14-10-6-4-9(5-7-10)12(20)3-1-2-11(19)8-13-15-17-18-16-13/h4-7H,1-3,8,14H2,(H,15,16,17,18). The second-order valence-electron chi connectivity index (χ2n) is 4.44. The number of tetrazole rings is 1. The van der Waals surface area contributed by atoms with E-state index < -0.39 is 0 Å². The van der Waals surface area contributed by atoms with Crippen molar-refractivity contribution in [2.24, 2.45) is 0 Å². The molecule has 1 heterocycles. The van der Waals surface area contributed by atoms with Crippen molar-refractivity contribution in [1.29, 1.82) is 0 Å². The van der Waals surface area contributed by atoms with E-state index in [1.54, 1.807) is 24.3 Å². The Morgan fingerprint density at radius 1 is 1.15 bits per heavy atom. The molecule has 0 atom stereocenters. The highest BCUT2D eigenvalue weighted by Crippen LogP contribution is 2.10. The number of carbonyl (C=O) groups is 2. The molecule has 0 radical (unpaired) electrons. The number of nitrogens with zero attached hydrogens (tertiary/aromatic N) is 3. The van der Waals surface area contributed by atoms with Crippen molar-refractivity contribution in [3.8, 4) is 0 Å². The number of rotatable bonds is 7. The van der Waals surface area contributed by atoms with Crippen LogP contribution in [0.2, 0.25) is 0 Å². The van der Waals surface area contributed by atoms with Gasteiger partial charge in [-0.1, -0.05) is 5.21 Å². The van der Waals surface area contributed by atoms with Crippen LogP contribution in [0, 0.1) is 0 Å². The molecule has 0 spiro atoms. The zero-order valence-corrected chi connectivity index (χ0v) is 10.9. The molecule has 0 fully saturated rings. The van der Waals surface area contributed by atoms with Crippen LogP contribution in [0.25, 0.3) is 0 Å². The number of anilines is 1. The Kier molecular flexibility index (Phi) is 4.54. The highest BCUT2D eigenvalue weighted by atomic mass is 16.1. The van der Waals surface area contributed by atoms with Gasteiger partial charge in [-0.3, -0.25) is 9.59 Å². The summed E-state index contributed by atoms with van der Waals surface area (Å²) in [5, 5.41) is 13.1. The van der Waals surface area contributed by atoms with Gasteiger partial charge in [-0.15, -0.1) is 10.2 Å². The number of hydrogen-bond acceptors (Lipinski definition) is 6. The summed E-state index contributed by atoms with van der Waals surface area (Å²) in [6.07, 6.45) is 1.32. The van der Waals surface area contributed by atoms with Gasteiger partial charge in [0.15, 0.2) is 11.6 Å². The minimum absolute atomic E-state index is 0.00324. The molecule has 20 heavy (non-hydrogen) atoms. The summed E-state index contributed by atoms with van der Waals surface area (Å²) in [4.78, 5) is 23.5. The van der Waals surface area contributed by atoms with Crippen LogP contribution in [0.1, 0.15) is 35.4 Å². The van der Waals surface area contributed by atoms with Crippen molar-refractivity contribution in [1.82, 2.24) is 20.6 Å². The van der Waals surface area contributed by atoms with Crippen LogP contribution in [-0.4, -0.2) is 32.2 Å². The number of Topliss-reactive ketones (excluding diaryl/α,β-unsaturated/α-hetero) is 2. The summed E-state index contributed by atoms with van der Waals surface area (Å²) in [7, 11) is 0. The third-order valence-electron chi connectivity index (χ3n) is 2.84. The molecular weight excluding hydrogens is 258 g/mol. The fraction of sp³-hybridized carbons (Fsp3) is 0.308. The van der Waals surface area contributed by atoms with E-state index in [4.69, 9.17) is 5.73 Å². The predicted molar refractivity (Wildman–Crippen MR) is 71.9 cm³/mol. The van der Waals surface area contributed by atoms with E-state index in [1.807, 2.05) is 0 Å². The minimum atomic E-state index is -0.00324. The third-order valence-corrected chi connectivity index (χ3v) is 2.84. The topological polar surface area (TPSA) is 115 Å². The van der Waals surface area contributed by atoms with Gasteiger partial charge in [0.1, 0.15) is 5.78 Å². The second-order valence-corrected chi connectivity index (χ2v) is 4.44. The predicted octanol–water partition coefficient (Wildman–Crippen LogP) is 0.947. The average Bonchev–Trinajstić information content (AvgIpc) is 2.92. The zero-order valence-electron chi connectivity index (χ0n) is 10.9. The maximum Gasteiger partial charge on any atom is 0.181 e. The van der Waals surface area contributed by atoms with Crippen molar-refractivity contribution in [2.75, 3.05) is 5.73 Å². The lowest BCUT2D eigenvalue weighted by Gasteiger charge is -2.01. The number of nitrogen functional groups attached to an aromatic ring is 1. The number of benzene rings is 1. The third kappa shape index (κ3) is 3.98. The molecule has 0 bridgehead atoms. The maximum absolute atomic E-state index is 11.9. The van der Waals surface area contributed by atoms with Gasteiger partial charge in [-0.05, 0) is 30.7 Å². The lowest BCUT2D eigenvalue weighted by atomic mass is 10.0. The monoisotopic (exact) mass is 273 g/mol. The number of carbonyl (C=O) groups excluding carboxylic acids is 2. The van der Waals surface area contributed by atoms with Crippen LogP contribution in [0.4, 0.5) is 5.69 Å². The molecule has 0 aliphatic heterocycles. The summed E-state index contributed by atoms with van der Waals surface area (Å²) in [5.41, 5.74) is 6.79. The highest BCUT2D eigenvalue weighted by molar-refractivity contribution is 5.96. The SMILES string of the molecule is Nc1ccc(C(=O)CCCC(=O)Cc2nn[nH]n2)cc1. The van der Waals surface area contributed by atoms with Gasteiger partial charge in [-0.25, -0.2) is 0 Å². The van der Waals surface area contributed by atoms with E-state index in [1.165, 1.54) is 0 Å². The fourth-order valence-corrected chi connectivity index (χ4v) is 1.78. The first-order chi connectivity index (χ1) is 9.65. The Labute approximate surface area is 115 Å². The lowest BCUT2D eigenvalue weighted by molar-refractivity contribution is -0.118. The number of aromatic amines is 1. The van der Waals surface area contributed by atoms with E-state index in [0.29, 0.717) is 36.3 Å². The van der Waals surface area contributed by atoms with E-state index in [-0.39, 0.29) is 18.0 Å². The Balaban J connectivity index is 1.74. The molecule has 1 aromatic carbocycles. The molecule has 2 rings (SSSR count). The van der Waals surface area contributed by atoms with E-state index >= 15 is 0 Å². The summed E-state index contributed by atoms with van der Waals surface area (Å²) in [6, 6.07) is 6.76. The van der Waals surface area contributed by atoms with Crippen LogP contribution >= 0.6 is 0 Å².